The molecule has 0 unspecified atom stereocenters. The first-order chi connectivity index (χ1) is 10.2. The predicted octanol–water partition coefficient (Wildman–Crippen LogP) is 3.45. The van der Waals surface area contributed by atoms with Crippen molar-refractivity contribution in [3.8, 4) is 0 Å². The number of nitrogens with one attached hydrogen (secondary N) is 1. The smallest absolute Gasteiger partial charge is 0.318 e. The first kappa shape index (κ1) is 15.9. The van der Waals surface area contributed by atoms with E-state index in [9.17, 15) is 26.7 Å². The molecule has 118 valence electrons. The maximum atomic E-state index is 13.4. The van der Waals surface area contributed by atoms with Crippen molar-refractivity contribution in [2.24, 2.45) is 0 Å². The minimum Gasteiger partial charge on any atom is -0.318 e. The van der Waals surface area contributed by atoms with Crippen molar-refractivity contribution >= 4 is 11.6 Å². The number of amides is 1. The average Bonchev–Trinajstić information content (AvgIpc) is 2.86. The van der Waals surface area contributed by atoms with Gasteiger partial charge in [0.2, 0.25) is 0 Å². The highest BCUT2D eigenvalue weighted by atomic mass is 19.4. The molecule has 4 nitrogen and oxygen atoms in total. The SMILES string of the molecule is CCn1nc(C(F)(F)F)cc1C(=O)Nc1ccc(F)cc1F. The zero-order valence-electron chi connectivity index (χ0n) is 11.2. The molecule has 0 spiro atoms. The molecule has 1 aromatic heterocycles. The van der Waals surface area contributed by atoms with Gasteiger partial charge in [-0.2, -0.15) is 18.3 Å². The molecule has 0 aliphatic heterocycles. The van der Waals surface area contributed by atoms with E-state index >= 15 is 0 Å². The van der Waals surface area contributed by atoms with Gasteiger partial charge in [-0.05, 0) is 19.1 Å². The molecule has 2 aromatic rings. The number of anilines is 1. The highest BCUT2D eigenvalue weighted by molar-refractivity contribution is 6.03. The molecular weight excluding hydrogens is 309 g/mol. The number of alkyl halides is 3. The average molecular weight is 319 g/mol. The predicted molar refractivity (Wildman–Crippen MR) is 67.2 cm³/mol. The van der Waals surface area contributed by atoms with Crippen LogP contribution in [0, 0.1) is 11.6 Å². The Hall–Kier alpha value is -2.45. The summed E-state index contributed by atoms with van der Waals surface area (Å²) < 4.78 is 64.9. The summed E-state index contributed by atoms with van der Waals surface area (Å²) >= 11 is 0. The van der Waals surface area contributed by atoms with Gasteiger partial charge < -0.3 is 5.32 Å². The molecule has 0 saturated carbocycles. The third-order valence-corrected chi connectivity index (χ3v) is 2.78. The zero-order valence-corrected chi connectivity index (χ0v) is 11.2. The van der Waals surface area contributed by atoms with E-state index in [0.29, 0.717) is 12.1 Å². The third-order valence-electron chi connectivity index (χ3n) is 2.78. The van der Waals surface area contributed by atoms with Gasteiger partial charge in [-0.1, -0.05) is 0 Å². The standard InChI is InChI=1S/C13H10F5N3O/c1-2-21-10(6-11(20-21)13(16,17)18)12(22)19-9-4-3-7(14)5-8(9)15/h3-6H,2H2,1H3,(H,19,22). The number of carbonyl (C=O) groups excluding carboxylic acids is 1. The normalized spacial score (nSPS) is 11.5. The highest BCUT2D eigenvalue weighted by Crippen LogP contribution is 2.29. The van der Waals surface area contributed by atoms with Crippen LogP contribution in [0.3, 0.4) is 0 Å². The van der Waals surface area contributed by atoms with Crippen LogP contribution in [-0.2, 0) is 12.7 Å². The van der Waals surface area contributed by atoms with E-state index in [1.54, 1.807) is 0 Å². The number of rotatable bonds is 3. The van der Waals surface area contributed by atoms with Crippen LogP contribution in [0.5, 0.6) is 0 Å². The molecule has 0 atom stereocenters. The number of aryl methyl sites for hydroxylation is 1. The van der Waals surface area contributed by atoms with Gasteiger partial charge >= 0.3 is 6.18 Å². The summed E-state index contributed by atoms with van der Waals surface area (Å²) in [6.45, 7) is 1.52. The fourth-order valence-electron chi connectivity index (χ4n) is 1.76. The van der Waals surface area contributed by atoms with E-state index in [-0.39, 0.29) is 17.9 Å². The third kappa shape index (κ3) is 3.23. The Morgan fingerprint density at radius 3 is 2.50 bits per heavy atom. The van der Waals surface area contributed by atoms with E-state index < -0.39 is 29.4 Å². The Balaban J connectivity index is 2.31. The fourth-order valence-corrected chi connectivity index (χ4v) is 1.76. The molecule has 2 rings (SSSR count). The maximum absolute atomic E-state index is 13.4. The molecule has 0 bridgehead atoms. The van der Waals surface area contributed by atoms with Crippen molar-refractivity contribution in [1.82, 2.24) is 9.78 Å². The Morgan fingerprint density at radius 2 is 1.95 bits per heavy atom. The summed E-state index contributed by atoms with van der Waals surface area (Å²) in [4.78, 5) is 12.0. The second kappa shape index (κ2) is 5.74. The van der Waals surface area contributed by atoms with E-state index in [4.69, 9.17) is 0 Å². The molecule has 9 heteroatoms. The van der Waals surface area contributed by atoms with Crippen LogP contribution in [0.2, 0.25) is 0 Å². The van der Waals surface area contributed by atoms with E-state index in [1.165, 1.54) is 6.92 Å². The summed E-state index contributed by atoms with van der Waals surface area (Å²) in [5.74, 6) is -2.85. The fraction of sp³-hybridized carbons (Fsp3) is 0.231. The lowest BCUT2D eigenvalue weighted by Gasteiger charge is -2.07. The Kier molecular flexibility index (Phi) is 4.16. The second-order valence-corrected chi connectivity index (χ2v) is 4.31. The molecule has 1 N–H and O–H groups in total. The van der Waals surface area contributed by atoms with Crippen LogP contribution in [0.1, 0.15) is 23.1 Å². The second-order valence-electron chi connectivity index (χ2n) is 4.31. The van der Waals surface area contributed by atoms with Gasteiger partial charge in [0.15, 0.2) is 5.69 Å². The van der Waals surface area contributed by atoms with E-state index in [0.717, 1.165) is 16.8 Å². The quantitative estimate of drug-likeness (QED) is 0.881. The molecule has 22 heavy (non-hydrogen) atoms. The van der Waals surface area contributed by atoms with Gasteiger partial charge in [0.05, 0.1) is 5.69 Å². The summed E-state index contributed by atoms with van der Waals surface area (Å²) in [5, 5.41) is 5.36. The number of hydrogen-bond acceptors (Lipinski definition) is 2. The van der Waals surface area contributed by atoms with Gasteiger partial charge in [-0.15, -0.1) is 0 Å². The number of carbonyl (C=O) groups is 1. The number of nitrogens with zero attached hydrogens (tertiary/aromatic N) is 2. The van der Waals surface area contributed by atoms with Crippen molar-refractivity contribution in [3.63, 3.8) is 0 Å². The van der Waals surface area contributed by atoms with Crippen LogP contribution < -0.4 is 5.32 Å². The van der Waals surface area contributed by atoms with Crippen molar-refractivity contribution in [2.75, 3.05) is 5.32 Å². The van der Waals surface area contributed by atoms with Gasteiger partial charge in [0.25, 0.3) is 5.91 Å². The van der Waals surface area contributed by atoms with Gasteiger partial charge in [0, 0.05) is 18.7 Å². The Labute approximate surface area is 121 Å². The van der Waals surface area contributed by atoms with E-state index in [1.807, 2.05) is 0 Å². The minimum absolute atomic E-state index is 0.0186. The van der Waals surface area contributed by atoms with Crippen LogP contribution in [0.4, 0.5) is 27.6 Å². The largest absolute Gasteiger partial charge is 0.435 e. The zero-order chi connectivity index (χ0) is 16.5. The molecular formula is C13H10F5N3O. The van der Waals surface area contributed by atoms with Gasteiger partial charge in [-0.25, -0.2) is 8.78 Å². The Morgan fingerprint density at radius 1 is 1.27 bits per heavy atom. The minimum atomic E-state index is -4.70. The topological polar surface area (TPSA) is 46.9 Å². The molecule has 0 aliphatic rings. The van der Waals surface area contributed by atoms with E-state index in [2.05, 4.69) is 10.4 Å². The molecule has 0 radical (unpaired) electrons. The van der Waals surface area contributed by atoms with Crippen molar-refractivity contribution in [1.29, 1.82) is 0 Å². The lowest BCUT2D eigenvalue weighted by molar-refractivity contribution is -0.141. The molecule has 0 saturated heterocycles. The lowest BCUT2D eigenvalue weighted by atomic mass is 10.2. The summed E-state index contributed by atoms with van der Waals surface area (Å²) in [6.07, 6.45) is -4.70. The molecule has 0 aliphatic carbocycles. The summed E-state index contributed by atoms with van der Waals surface area (Å²) in [5.41, 5.74) is -1.94. The van der Waals surface area contributed by atoms with Crippen molar-refractivity contribution in [3.05, 3.63) is 47.3 Å². The highest BCUT2D eigenvalue weighted by Gasteiger charge is 2.35. The number of hydrogen-bond donors (Lipinski definition) is 1. The van der Waals surface area contributed by atoms with Gasteiger partial charge in [0.1, 0.15) is 17.3 Å². The van der Waals surface area contributed by atoms with Crippen LogP contribution >= 0.6 is 0 Å². The van der Waals surface area contributed by atoms with Crippen LogP contribution in [-0.4, -0.2) is 15.7 Å². The maximum Gasteiger partial charge on any atom is 0.435 e. The molecule has 0 fully saturated rings. The van der Waals surface area contributed by atoms with Crippen molar-refractivity contribution in [2.45, 2.75) is 19.6 Å². The van der Waals surface area contributed by atoms with Crippen LogP contribution in [0.15, 0.2) is 24.3 Å². The lowest BCUT2D eigenvalue weighted by Crippen LogP contribution is -2.18. The molecule has 1 heterocycles. The van der Waals surface area contributed by atoms with Crippen molar-refractivity contribution < 1.29 is 26.7 Å². The molecule has 1 amide bonds. The number of aromatic nitrogens is 2. The Bertz CT molecular complexity index is 708. The number of halogens is 5. The number of benzene rings is 1. The monoisotopic (exact) mass is 319 g/mol. The summed E-state index contributed by atoms with van der Waals surface area (Å²) in [7, 11) is 0. The molecule has 1 aromatic carbocycles. The van der Waals surface area contributed by atoms with Gasteiger partial charge in [-0.3, -0.25) is 9.48 Å². The summed E-state index contributed by atoms with van der Waals surface area (Å²) in [6, 6.07) is 3.00. The van der Waals surface area contributed by atoms with Crippen LogP contribution in [0.25, 0.3) is 0 Å². The first-order valence-electron chi connectivity index (χ1n) is 6.13. The first-order valence-corrected chi connectivity index (χ1v) is 6.13.